The van der Waals surface area contributed by atoms with Crippen LogP contribution in [-0.4, -0.2) is 46.8 Å². The summed E-state index contributed by atoms with van der Waals surface area (Å²) in [5.74, 6) is 0.0983. The highest BCUT2D eigenvalue weighted by atomic mass is 32.2. The number of anilines is 1. The summed E-state index contributed by atoms with van der Waals surface area (Å²) in [4.78, 5) is 31.4. The topological polar surface area (TPSA) is 64.4 Å². The highest BCUT2D eigenvalue weighted by Crippen LogP contribution is 2.32. The van der Waals surface area contributed by atoms with Crippen LogP contribution in [0.15, 0.2) is 47.6 Å². The maximum atomic E-state index is 13.1. The molecule has 0 saturated heterocycles. The van der Waals surface area contributed by atoms with Gasteiger partial charge in [0.25, 0.3) is 0 Å². The summed E-state index contributed by atoms with van der Waals surface area (Å²) >= 11 is 1.47. The minimum Gasteiger partial charge on any atom is -0.383 e. The minimum absolute atomic E-state index is 0.0340. The van der Waals surface area contributed by atoms with Gasteiger partial charge in [-0.15, -0.1) is 0 Å². The number of aromatic nitrogens is 2. The molecule has 2 aromatic carbocycles. The van der Waals surface area contributed by atoms with Crippen molar-refractivity contribution in [2.24, 2.45) is 0 Å². The highest BCUT2D eigenvalue weighted by molar-refractivity contribution is 8.00. The van der Waals surface area contributed by atoms with Crippen LogP contribution >= 0.6 is 11.8 Å². The van der Waals surface area contributed by atoms with Gasteiger partial charge in [0.15, 0.2) is 10.9 Å². The Kier molecular flexibility index (Phi) is 5.92. The van der Waals surface area contributed by atoms with Crippen LogP contribution in [0.25, 0.3) is 11.0 Å². The second kappa shape index (κ2) is 8.62. The molecule has 156 valence electrons. The van der Waals surface area contributed by atoms with Gasteiger partial charge in [0.2, 0.25) is 5.91 Å². The number of nitrogens with zero attached hydrogens (tertiary/aromatic N) is 3. The fraction of sp³-hybridized carbons (Fsp3) is 0.348. The molecule has 1 aromatic heterocycles. The second-order valence-corrected chi connectivity index (χ2v) is 8.72. The lowest BCUT2D eigenvalue weighted by Crippen LogP contribution is -2.25. The van der Waals surface area contributed by atoms with Gasteiger partial charge in [-0.2, -0.15) is 0 Å². The third-order valence-corrected chi connectivity index (χ3v) is 6.52. The first kappa shape index (κ1) is 20.6. The van der Waals surface area contributed by atoms with Crippen molar-refractivity contribution in [2.75, 3.05) is 25.2 Å². The van der Waals surface area contributed by atoms with E-state index in [1.165, 1.54) is 11.8 Å². The Hall–Kier alpha value is -2.64. The van der Waals surface area contributed by atoms with Crippen LogP contribution in [-0.2, 0) is 22.5 Å². The van der Waals surface area contributed by atoms with E-state index in [4.69, 9.17) is 9.72 Å². The number of thioether (sulfide) groups is 1. The highest BCUT2D eigenvalue weighted by Gasteiger charge is 2.25. The molecule has 3 aromatic rings. The molecule has 6 nitrogen and oxygen atoms in total. The number of rotatable bonds is 7. The molecular weight excluding hydrogens is 398 g/mol. The van der Waals surface area contributed by atoms with Crippen LogP contribution in [0.1, 0.15) is 29.8 Å². The monoisotopic (exact) mass is 423 g/mol. The largest absolute Gasteiger partial charge is 0.383 e. The molecule has 0 radical (unpaired) electrons. The lowest BCUT2D eigenvalue weighted by Gasteiger charge is -2.16. The molecule has 4 rings (SSSR count). The van der Waals surface area contributed by atoms with Gasteiger partial charge < -0.3 is 14.2 Å². The van der Waals surface area contributed by atoms with Crippen LogP contribution < -0.4 is 4.90 Å². The number of fused-ring (bicyclic) bond motifs is 2. The summed E-state index contributed by atoms with van der Waals surface area (Å²) in [6.07, 6.45) is 0.782. The molecule has 0 fully saturated rings. The number of amides is 1. The summed E-state index contributed by atoms with van der Waals surface area (Å²) in [5, 5.41) is 0.532. The Morgan fingerprint density at radius 3 is 2.80 bits per heavy atom. The summed E-state index contributed by atoms with van der Waals surface area (Å²) in [6.45, 7) is 5.43. The van der Waals surface area contributed by atoms with E-state index < -0.39 is 0 Å². The predicted molar refractivity (Wildman–Crippen MR) is 119 cm³/mol. The van der Waals surface area contributed by atoms with Gasteiger partial charge in [0, 0.05) is 38.4 Å². The Morgan fingerprint density at radius 2 is 2.03 bits per heavy atom. The number of methoxy groups -OCH3 is 1. The quantitative estimate of drug-likeness (QED) is 0.425. The summed E-state index contributed by atoms with van der Waals surface area (Å²) in [5.41, 5.74) is 4.61. The Balaban J connectivity index is 1.57. The average molecular weight is 424 g/mol. The zero-order valence-corrected chi connectivity index (χ0v) is 18.2. The first-order valence-electron chi connectivity index (χ1n) is 10.1. The summed E-state index contributed by atoms with van der Waals surface area (Å²) < 4.78 is 7.37. The molecule has 30 heavy (non-hydrogen) atoms. The number of imidazole rings is 1. The standard InChI is InChI=1S/C23H25N3O3S/c1-15(22(28)18-8-9-20-17(14-18)10-11-25(20)16(2)27)30-23-24-19-6-4-5-7-21(19)26(23)12-13-29-3/h4-9,14-15H,10-13H2,1-3H3. The Morgan fingerprint density at radius 1 is 1.23 bits per heavy atom. The Labute approximate surface area is 180 Å². The van der Waals surface area contributed by atoms with E-state index >= 15 is 0 Å². The van der Waals surface area contributed by atoms with Crippen LogP contribution in [0.3, 0.4) is 0 Å². The molecule has 7 heteroatoms. The lowest BCUT2D eigenvalue weighted by molar-refractivity contribution is -0.116. The van der Waals surface area contributed by atoms with Crippen molar-refractivity contribution in [1.82, 2.24) is 9.55 Å². The van der Waals surface area contributed by atoms with E-state index in [-0.39, 0.29) is 16.9 Å². The molecule has 0 N–H and O–H groups in total. The number of Topliss-reactive ketones (excluding diaryl/α,β-unsaturated/α-hetero) is 1. The number of benzene rings is 2. The third kappa shape index (κ3) is 3.87. The predicted octanol–water partition coefficient (Wildman–Crippen LogP) is 3.96. The van der Waals surface area contributed by atoms with Crippen LogP contribution in [0.5, 0.6) is 0 Å². The van der Waals surface area contributed by atoms with Crippen molar-refractivity contribution in [2.45, 2.75) is 37.2 Å². The SMILES string of the molecule is COCCn1c(SC(C)C(=O)c2ccc3c(c2)CCN3C(C)=O)nc2ccccc21. The molecule has 1 amide bonds. The molecule has 1 atom stereocenters. The van der Waals surface area contributed by atoms with Crippen molar-refractivity contribution < 1.29 is 14.3 Å². The molecule has 0 saturated carbocycles. The molecular formula is C23H25N3O3S. The zero-order chi connectivity index (χ0) is 21.3. The van der Waals surface area contributed by atoms with Gasteiger partial charge in [-0.05, 0) is 49.2 Å². The molecule has 0 spiro atoms. The van der Waals surface area contributed by atoms with Crippen molar-refractivity contribution in [3.63, 3.8) is 0 Å². The second-order valence-electron chi connectivity index (χ2n) is 7.42. The maximum Gasteiger partial charge on any atom is 0.223 e. The number of carbonyl (C=O) groups excluding carboxylic acids is 2. The average Bonchev–Trinajstić information content (AvgIpc) is 3.32. The number of hydrogen-bond acceptors (Lipinski definition) is 5. The molecule has 2 heterocycles. The van der Waals surface area contributed by atoms with Gasteiger partial charge >= 0.3 is 0 Å². The van der Waals surface area contributed by atoms with Crippen LogP contribution in [0.4, 0.5) is 5.69 Å². The number of hydrogen-bond donors (Lipinski definition) is 0. The molecule has 1 unspecified atom stereocenters. The molecule has 0 bridgehead atoms. The van der Waals surface area contributed by atoms with E-state index in [1.54, 1.807) is 18.9 Å². The minimum atomic E-state index is -0.286. The molecule has 1 aliphatic rings. The van der Waals surface area contributed by atoms with E-state index in [2.05, 4.69) is 4.57 Å². The van der Waals surface area contributed by atoms with Crippen molar-refractivity contribution in [3.05, 3.63) is 53.6 Å². The number of carbonyl (C=O) groups is 2. The van der Waals surface area contributed by atoms with E-state index in [1.807, 2.05) is 49.4 Å². The molecule has 0 aliphatic carbocycles. The van der Waals surface area contributed by atoms with Gasteiger partial charge in [-0.1, -0.05) is 23.9 Å². The molecule has 1 aliphatic heterocycles. The van der Waals surface area contributed by atoms with Crippen molar-refractivity contribution >= 4 is 40.2 Å². The van der Waals surface area contributed by atoms with Crippen LogP contribution in [0.2, 0.25) is 0 Å². The lowest BCUT2D eigenvalue weighted by atomic mass is 10.0. The number of ketones is 1. The van der Waals surface area contributed by atoms with Crippen molar-refractivity contribution in [1.29, 1.82) is 0 Å². The van der Waals surface area contributed by atoms with Gasteiger partial charge in [-0.3, -0.25) is 9.59 Å². The van der Waals surface area contributed by atoms with Gasteiger partial charge in [-0.25, -0.2) is 4.98 Å². The van der Waals surface area contributed by atoms with Gasteiger partial charge in [0.05, 0.1) is 22.9 Å². The van der Waals surface area contributed by atoms with E-state index in [0.29, 0.717) is 25.3 Å². The van der Waals surface area contributed by atoms with E-state index in [0.717, 1.165) is 33.9 Å². The fourth-order valence-corrected chi connectivity index (χ4v) is 4.90. The van der Waals surface area contributed by atoms with Crippen molar-refractivity contribution in [3.8, 4) is 0 Å². The third-order valence-electron chi connectivity index (χ3n) is 5.43. The first-order valence-corrected chi connectivity index (χ1v) is 10.9. The maximum absolute atomic E-state index is 13.1. The Bertz CT molecular complexity index is 1110. The first-order chi connectivity index (χ1) is 14.5. The smallest absolute Gasteiger partial charge is 0.223 e. The fourth-order valence-electron chi connectivity index (χ4n) is 3.87. The van der Waals surface area contributed by atoms with E-state index in [9.17, 15) is 9.59 Å². The van der Waals surface area contributed by atoms with Gasteiger partial charge in [0.1, 0.15) is 0 Å². The summed E-state index contributed by atoms with van der Waals surface area (Å²) in [6, 6.07) is 13.6. The zero-order valence-electron chi connectivity index (χ0n) is 17.4. The summed E-state index contributed by atoms with van der Waals surface area (Å²) in [7, 11) is 1.68. The number of ether oxygens (including phenoxy) is 1. The van der Waals surface area contributed by atoms with Crippen LogP contribution in [0, 0.1) is 0 Å². The normalized spacial score (nSPS) is 14.2. The number of para-hydroxylation sites is 2.